The Labute approximate surface area is 122 Å². The standard InChI is InChI=1S/C15H17ClN2O2/c1-10(4-6-12-3-2-8-20-12)18-14-9-11(15(17)19)5-7-13(14)16/h2-3,5,7-10,18H,4,6H2,1H3,(H2,17,19). The molecule has 1 heterocycles. The number of anilines is 1. The highest BCUT2D eigenvalue weighted by Crippen LogP contribution is 2.24. The van der Waals surface area contributed by atoms with E-state index in [9.17, 15) is 4.79 Å². The highest BCUT2D eigenvalue weighted by atomic mass is 35.5. The van der Waals surface area contributed by atoms with Crippen molar-refractivity contribution in [3.05, 3.63) is 52.9 Å². The number of nitrogens with two attached hydrogens (primary N) is 1. The smallest absolute Gasteiger partial charge is 0.248 e. The molecule has 0 aliphatic heterocycles. The monoisotopic (exact) mass is 292 g/mol. The van der Waals surface area contributed by atoms with Gasteiger partial charge in [0.15, 0.2) is 0 Å². The van der Waals surface area contributed by atoms with Gasteiger partial charge in [-0.05, 0) is 43.7 Å². The van der Waals surface area contributed by atoms with Gasteiger partial charge >= 0.3 is 0 Å². The number of carbonyl (C=O) groups is 1. The number of hydrogen-bond acceptors (Lipinski definition) is 3. The lowest BCUT2D eigenvalue weighted by molar-refractivity contribution is 0.100. The van der Waals surface area contributed by atoms with E-state index in [-0.39, 0.29) is 6.04 Å². The lowest BCUT2D eigenvalue weighted by Gasteiger charge is -2.16. The molecule has 0 saturated carbocycles. The number of carbonyl (C=O) groups excluding carboxylic acids is 1. The lowest BCUT2D eigenvalue weighted by Crippen LogP contribution is -2.17. The predicted octanol–water partition coefficient (Wildman–Crippen LogP) is 3.47. The fourth-order valence-corrected chi connectivity index (χ4v) is 2.11. The minimum atomic E-state index is -0.465. The number of amides is 1. The minimum absolute atomic E-state index is 0.195. The third-order valence-corrected chi connectivity index (χ3v) is 3.39. The van der Waals surface area contributed by atoms with Gasteiger partial charge in [0.25, 0.3) is 0 Å². The Morgan fingerprint density at radius 3 is 2.90 bits per heavy atom. The number of rotatable bonds is 6. The molecule has 0 aliphatic carbocycles. The molecule has 20 heavy (non-hydrogen) atoms. The number of aryl methyl sites for hydroxylation is 1. The van der Waals surface area contributed by atoms with Crippen molar-refractivity contribution in [1.29, 1.82) is 0 Å². The van der Waals surface area contributed by atoms with Crippen LogP contribution in [-0.2, 0) is 6.42 Å². The first-order valence-electron chi connectivity index (χ1n) is 6.44. The van der Waals surface area contributed by atoms with Gasteiger partial charge in [0.1, 0.15) is 5.76 Å². The van der Waals surface area contributed by atoms with Crippen molar-refractivity contribution in [3.63, 3.8) is 0 Å². The molecule has 2 rings (SSSR count). The molecule has 0 radical (unpaired) electrons. The van der Waals surface area contributed by atoms with Crippen molar-refractivity contribution < 1.29 is 9.21 Å². The molecule has 1 aromatic carbocycles. The maximum atomic E-state index is 11.2. The first-order chi connectivity index (χ1) is 9.56. The van der Waals surface area contributed by atoms with Crippen LogP contribution in [0.4, 0.5) is 5.69 Å². The van der Waals surface area contributed by atoms with Crippen molar-refractivity contribution in [1.82, 2.24) is 0 Å². The van der Waals surface area contributed by atoms with Crippen molar-refractivity contribution in [2.45, 2.75) is 25.8 Å². The molecule has 106 valence electrons. The first kappa shape index (κ1) is 14.5. The number of primary amides is 1. The summed E-state index contributed by atoms with van der Waals surface area (Å²) >= 11 is 6.11. The second-order valence-electron chi connectivity index (χ2n) is 4.72. The summed E-state index contributed by atoms with van der Waals surface area (Å²) in [7, 11) is 0. The number of hydrogen-bond donors (Lipinski definition) is 2. The van der Waals surface area contributed by atoms with Crippen molar-refractivity contribution in [3.8, 4) is 0 Å². The van der Waals surface area contributed by atoms with Crippen LogP contribution >= 0.6 is 11.6 Å². The molecule has 1 unspecified atom stereocenters. The molecule has 5 heteroatoms. The maximum Gasteiger partial charge on any atom is 0.248 e. The predicted molar refractivity (Wildman–Crippen MR) is 80.1 cm³/mol. The molecule has 2 aromatic rings. The summed E-state index contributed by atoms with van der Waals surface area (Å²) in [5, 5.41) is 3.86. The molecule has 1 atom stereocenters. The van der Waals surface area contributed by atoms with Gasteiger partial charge in [-0.2, -0.15) is 0 Å². The van der Waals surface area contributed by atoms with Crippen LogP contribution in [0.3, 0.4) is 0 Å². The topological polar surface area (TPSA) is 68.3 Å². The Kier molecular flexibility index (Phi) is 4.69. The number of halogens is 1. The lowest BCUT2D eigenvalue weighted by atomic mass is 10.1. The van der Waals surface area contributed by atoms with E-state index in [0.717, 1.165) is 24.3 Å². The Bertz CT molecular complexity index is 582. The normalized spacial score (nSPS) is 12.1. The van der Waals surface area contributed by atoms with Crippen LogP contribution in [0, 0.1) is 0 Å². The second kappa shape index (κ2) is 6.48. The third-order valence-electron chi connectivity index (χ3n) is 3.06. The summed E-state index contributed by atoms with van der Waals surface area (Å²) in [4.78, 5) is 11.2. The maximum absolute atomic E-state index is 11.2. The quantitative estimate of drug-likeness (QED) is 0.856. The number of furan rings is 1. The highest BCUT2D eigenvalue weighted by Gasteiger charge is 2.09. The van der Waals surface area contributed by atoms with Gasteiger partial charge in [0.2, 0.25) is 5.91 Å². The molecule has 0 spiro atoms. The summed E-state index contributed by atoms with van der Waals surface area (Å²) in [6.45, 7) is 2.05. The molecule has 0 bridgehead atoms. The molecule has 1 amide bonds. The average Bonchev–Trinajstić information content (AvgIpc) is 2.92. The summed E-state index contributed by atoms with van der Waals surface area (Å²) in [6.07, 6.45) is 3.40. The average molecular weight is 293 g/mol. The van der Waals surface area contributed by atoms with E-state index in [1.54, 1.807) is 24.5 Å². The van der Waals surface area contributed by atoms with Crippen molar-refractivity contribution in [2.75, 3.05) is 5.32 Å². The van der Waals surface area contributed by atoms with Crippen LogP contribution in [0.15, 0.2) is 41.0 Å². The Balaban J connectivity index is 1.98. The van der Waals surface area contributed by atoms with E-state index in [2.05, 4.69) is 12.2 Å². The Morgan fingerprint density at radius 2 is 2.25 bits per heavy atom. The molecule has 4 nitrogen and oxygen atoms in total. The van der Waals surface area contributed by atoms with Crippen LogP contribution in [0.25, 0.3) is 0 Å². The fourth-order valence-electron chi connectivity index (χ4n) is 1.94. The zero-order valence-corrected chi connectivity index (χ0v) is 12.0. The van der Waals surface area contributed by atoms with Crippen LogP contribution in [0.2, 0.25) is 5.02 Å². The largest absolute Gasteiger partial charge is 0.469 e. The number of benzene rings is 1. The van der Waals surface area contributed by atoms with Gasteiger partial charge < -0.3 is 15.5 Å². The van der Waals surface area contributed by atoms with E-state index in [0.29, 0.717) is 10.6 Å². The molecular weight excluding hydrogens is 276 g/mol. The zero-order valence-electron chi connectivity index (χ0n) is 11.2. The summed E-state index contributed by atoms with van der Waals surface area (Å²) < 4.78 is 5.29. The first-order valence-corrected chi connectivity index (χ1v) is 6.82. The SMILES string of the molecule is CC(CCc1ccco1)Nc1cc(C(N)=O)ccc1Cl. The molecular formula is C15H17ClN2O2. The minimum Gasteiger partial charge on any atom is -0.469 e. The number of nitrogens with one attached hydrogen (secondary N) is 1. The summed E-state index contributed by atoms with van der Waals surface area (Å²) in [5.41, 5.74) is 6.42. The Morgan fingerprint density at radius 1 is 1.45 bits per heavy atom. The van der Waals surface area contributed by atoms with E-state index in [1.165, 1.54) is 0 Å². The zero-order chi connectivity index (χ0) is 14.5. The molecule has 0 saturated heterocycles. The van der Waals surface area contributed by atoms with Crippen LogP contribution in [0.5, 0.6) is 0 Å². The summed E-state index contributed by atoms with van der Waals surface area (Å²) in [5.74, 6) is 0.489. The molecule has 3 N–H and O–H groups in total. The van der Waals surface area contributed by atoms with Crippen LogP contribution < -0.4 is 11.1 Å². The van der Waals surface area contributed by atoms with E-state index in [1.807, 2.05) is 12.1 Å². The molecule has 0 aliphatic rings. The third kappa shape index (κ3) is 3.78. The van der Waals surface area contributed by atoms with Gasteiger partial charge in [-0.25, -0.2) is 0 Å². The van der Waals surface area contributed by atoms with Crippen molar-refractivity contribution >= 4 is 23.2 Å². The molecule has 0 fully saturated rings. The van der Waals surface area contributed by atoms with Gasteiger partial charge in [-0.3, -0.25) is 4.79 Å². The van der Waals surface area contributed by atoms with Crippen molar-refractivity contribution in [2.24, 2.45) is 5.73 Å². The van der Waals surface area contributed by atoms with E-state index in [4.69, 9.17) is 21.8 Å². The Hall–Kier alpha value is -1.94. The van der Waals surface area contributed by atoms with Gasteiger partial charge in [0, 0.05) is 18.0 Å². The highest BCUT2D eigenvalue weighted by molar-refractivity contribution is 6.33. The van der Waals surface area contributed by atoms with Gasteiger partial charge in [0.05, 0.1) is 17.0 Å². The molecule has 1 aromatic heterocycles. The van der Waals surface area contributed by atoms with Crippen LogP contribution in [0.1, 0.15) is 29.5 Å². The fraction of sp³-hybridized carbons (Fsp3) is 0.267. The van der Waals surface area contributed by atoms with Gasteiger partial charge in [-0.15, -0.1) is 0 Å². The summed E-state index contributed by atoms with van der Waals surface area (Å²) in [6, 6.07) is 8.98. The van der Waals surface area contributed by atoms with Crippen LogP contribution in [-0.4, -0.2) is 11.9 Å². The second-order valence-corrected chi connectivity index (χ2v) is 5.13. The van der Waals surface area contributed by atoms with E-state index < -0.39 is 5.91 Å². The van der Waals surface area contributed by atoms with E-state index >= 15 is 0 Å². The van der Waals surface area contributed by atoms with Gasteiger partial charge in [-0.1, -0.05) is 11.6 Å².